The van der Waals surface area contributed by atoms with Crippen LogP contribution in [0.15, 0.2) is 39.4 Å². The van der Waals surface area contributed by atoms with E-state index in [1.54, 1.807) is 0 Å². The Balaban J connectivity index is 1.66. The lowest BCUT2D eigenvalue weighted by Crippen LogP contribution is -2.59. The van der Waals surface area contributed by atoms with Gasteiger partial charge in [-0.2, -0.15) is 0 Å². The van der Waals surface area contributed by atoms with E-state index in [-0.39, 0.29) is 5.57 Å². The molecule has 1 aliphatic carbocycles. The molecule has 1 saturated heterocycles. The van der Waals surface area contributed by atoms with Crippen molar-refractivity contribution < 1.29 is 54.6 Å². The van der Waals surface area contributed by atoms with Crippen molar-refractivity contribution >= 4 is 40.7 Å². The van der Waals surface area contributed by atoms with Gasteiger partial charge in [-0.25, -0.2) is 50.4 Å². The van der Waals surface area contributed by atoms with Gasteiger partial charge in [0.05, 0.1) is 12.6 Å². The molecule has 3 aliphatic rings. The highest BCUT2D eigenvalue weighted by atomic mass is 35.5. The number of carbonyl (C=O) groups excluding carboxylic acids is 2. The number of rotatable bonds is 3. The van der Waals surface area contributed by atoms with Gasteiger partial charge in [0.1, 0.15) is 17.2 Å². The summed E-state index contributed by atoms with van der Waals surface area (Å²) in [5.74, 6) is -20.6. The molecule has 0 radical (unpaired) electrons. The van der Waals surface area contributed by atoms with Gasteiger partial charge in [-0.1, -0.05) is 6.08 Å². The van der Waals surface area contributed by atoms with Gasteiger partial charge in [-0.05, 0) is 23.8 Å². The number of aromatic nitrogens is 3. The third kappa shape index (κ3) is 3.94. The second kappa shape index (κ2) is 9.84. The number of benzene rings is 2. The Hall–Kier alpha value is -4.32. The quantitative estimate of drug-likeness (QED) is 0.111. The van der Waals surface area contributed by atoms with Crippen LogP contribution in [0, 0.1) is 29.1 Å². The number of hydrogen-bond donors (Lipinski definition) is 1. The minimum absolute atomic E-state index is 0.182. The van der Waals surface area contributed by atoms with Crippen LogP contribution in [0.5, 0.6) is 11.5 Å². The summed E-state index contributed by atoms with van der Waals surface area (Å²) in [6.45, 7) is -0.428. The predicted molar refractivity (Wildman–Crippen MR) is 139 cm³/mol. The number of imide groups is 1. The van der Waals surface area contributed by atoms with Crippen molar-refractivity contribution in [2.75, 3.05) is 4.90 Å². The van der Waals surface area contributed by atoms with Crippen LogP contribution < -0.4 is 21.0 Å². The molecular formula is C26H14Cl2F8N4O6. The molecule has 2 aromatic carbocycles. The molecule has 10 nitrogen and oxygen atoms in total. The van der Waals surface area contributed by atoms with Crippen molar-refractivity contribution in [1.82, 2.24) is 13.9 Å². The van der Waals surface area contributed by atoms with Crippen LogP contribution in [0.4, 0.5) is 40.8 Å². The molecule has 20 heteroatoms. The highest BCUT2D eigenvalue weighted by Gasteiger charge is 2.76. The second-order valence-electron chi connectivity index (χ2n) is 10.6. The number of hydrogen-bond acceptors (Lipinski definition) is 6. The molecule has 6 rings (SSSR count). The molecule has 0 unspecified atom stereocenters. The van der Waals surface area contributed by atoms with Crippen LogP contribution >= 0.6 is 23.2 Å². The Morgan fingerprint density at radius 3 is 2.09 bits per heavy atom. The summed E-state index contributed by atoms with van der Waals surface area (Å²) in [5, 5.41) is 10.9. The zero-order chi connectivity index (χ0) is 34.0. The van der Waals surface area contributed by atoms with E-state index in [9.17, 15) is 50.6 Å². The van der Waals surface area contributed by atoms with E-state index in [2.05, 4.69) is 4.74 Å². The summed E-state index contributed by atoms with van der Waals surface area (Å²) in [5.41, 5.74) is -4.79. The molecule has 1 aromatic heterocycles. The minimum Gasteiger partial charge on any atom is -0.508 e. The number of alkyl halides is 5. The van der Waals surface area contributed by atoms with E-state index in [4.69, 9.17) is 23.2 Å². The Labute approximate surface area is 259 Å². The summed E-state index contributed by atoms with van der Waals surface area (Å²) in [7, 11) is 1.09. The first-order chi connectivity index (χ1) is 21.3. The molecule has 4 atom stereocenters. The van der Waals surface area contributed by atoms with Gasteiger partial charge in [0.15, 0.2) is 33.0 Å². The number of phenolic OH excluding ortho intramolecular Hbond substituents is 1. The molecule has 244 valence electrons. The zero-order valence-corrected chi connectivity index (χ0v) is 23.9. The summed E-state index contributed by atoms with van der Waals surface area (Å²) in [6.07, 6.45) is -5.01. The smallest absolute Gasteiger partial charge is 0.508 e. The SMILES string of the molecule is Cn1c(=O)n2n(c1=O)[C@@H]1C[C@@]3(Cl)C(=O)N(c4c(F)c(F)c(F)c(F)c4F)C(=O)[C@@]3(Cl)[C@@H](c3cc(OC(F)(F)F)ccc3O)C1=CC2. The maximum absolute atomic E-state index is 15.0. The van der Waals surface area contributed by atoms with Crippen molar-refractivity contribution in [2.24, 2.45) is 7.05 Å². The number of phenols is 1. The van der Waals surface area contributed by atoms with Crippen molar-refractivity contribution in [3.8, 4) is 11.5 Å². The number of halogens is 10. The molecule has 3 aromatic rings. The first kappa shape index (κ1) is 31.7. The topological polar surface area (TPSA) is 116 Å². The van der Waals surface area contributed by atoms with Crippen LogP contribution in [-0.4, -0.2) is 47.0 Å². The number of aromatic hydroxyl groups is 1. The summed E-state index contributed by atoms with van der Waals surface area (Å²) in [6, 6.07) is 0.377. The van der Waals surface area contributed by atoms with E-state index in [0.29, 0.717) is 22.8 Å². The molecule has 2 aliphatic heterocycles. The average molecular weight is 701 g/mol. The van der Waals surface area contributed by atoms with Gasteiger partial charge in [0, 0.05) is 24.9 Å². The van der Waals surface area contributed by atoms with Crippen LogP contribution in [0.3, 0.4) is 0 Å². The largest absolute Gasteiger partial charge is 0.573 e. The molecule has 1 N–H and O–H groups in total. The summed E-state index contributed by atoms with van der Waals surface area (Å²) >= 11 is 13.6. The summed E-state index contributed by atoms with van der Waals surface area (Å²) in [4.78, 5) is 47.4. The number of ether oxygens (including phenoxy) is 1. The first-order valence-electron chi connectivity index (χ1n) is 12.7. The second-order valence-corrected chi connectivity index (χ2v) is 11.8. The molecule has 2 fully saturated rings. The fourth-order valence-corrected chi connectivity index (χ4v) is 7.15. The number of fused-ring (bicyclic) bond motifs is 4. The summed E-state index contributed by atoms with van der Waals surface area (Å²) < 4.78 is 118. The number of allylic oxidation sites excluding steroid dienone is 2. The lowest BCUT2D eigenvalue weighted by atomic mass is 9.64. The van der Waals surface area contributed by atoms with Crippen LogP contribution in [0.1, 0.15) is 23.9 Å². The van der Waals surface area contributed by atoms with E-state index in [1.165, 1.54) is 6.08 Å². The molecule has 3 heterocycles. The van der Waals surface area contributed by atoms with Crippen molar-refractivity contribution in [2.45, 2.75) is 41.0 Å². The molecule has 46 heavy (non-hydrogen) atoms. The van der Waals surface area contributed by atoms with Crippen molar-refractivity contribution in [3.05, 3.63) is 85.5 Å². The van der Waals surface area contributed by atoms with E-state index < -0.39 is 121 Å². The van der Waals surface area contributed by atoms with Gasteiger partial charge in [0.25, 0.3) is 11.8 Å². The number of amides is 2. The third-order valence-electron chi connectivity index (χ3n) is 8.22. The minimum atomic E-state index is -5.28. The van der Waals surface area contributed by atoms with Crippen molar-refractivity contribution in [1.29, 1.82) is 0 Å². The lowest BCUT2D eigenvalue weighted by molar-refractivity contribution is -0.274. The van der Waals surface area contributed by atoms with E-state index in [1.807, 2.05) is 0 Å². The molecular weight excluding hydrogens is 687 g/mol. The van der Waals surface area contributed by atoms with Crippen LogP contribution in [-0.2, 0) is 23.2 Å². The highest BCUT2D eigenvalue weighted by Crippen LogP contribution is 2.65. The highest BCUT2D eigenvalue weighted by molar-refractivity contribution is 6.58. The first-order valence-corrected chi connectivity index (χ1v) is 13.5. The number of anilines is 1. The Kier molecular flexibility index (Phi) is 6.77. The fourth-order valence-electron chi connectivity index (χ4n) is 6.24. The third-order valence-corrected chi connectivity index (χ3v) is 9.64. The Morgan fingerprint density at radius 2 is 1.50 bits per heavy atom. The Morgan fingerprint density at radius 1 is 0.913 bits per heavy atom. The van der Waals surface area contributed by atoms with E-state index in [0.717, 1.165) is 16.4 Å². The Bertz CT molecular complexity index is 2030. The van der Waals surface area contributed by atoms with Crippen molar-refractivity contribution in [3.63, 3.8) is 0 Å². The van der Waals surface area contributed by atoms with E-state index >= 15 is 8.78 Å². The maximum atomic E-state index is 15.0. The average Bonchev–Trinajstić information content (AvgIpc) is 3.29. The van der Waals surface area contributed by atoms with Gasteiger partial charge in [-0.15, -0.1) is 36.4 Å². The molecule has 2 amide bonds. The maximum Gasteiger partial charge on any atom is 0.573 e. The standard InChI is InChI=1S/C26H14Cl2F8N4O6/c1-37-22(44)38-5-4-9-11(40(38)23(37)45)7-24(27)20(42)39(19-17(32)15(30)14(29)16(31)18(19)33)21(43)25(24,28)13(9)10-6-8(2-3-12(10)41)46-26(34,35)36/h2-4,6,11,13,41H,5,7H2,1H3/t11-,13-,24-,25+/m1/s1. The monoisotopic (exact) mass is 700 g/mol. The molecule has 0 bridgehead atoms. The van der Waals surface area contributed by atoms with Crippen LogP contribution in [0.25, 0.3) is 0 Å². The normalized spacial score (nSPS) is 25.7. The fraction of sp³-hybridized carbons (Fsp3) is 0.308. The zero-order valence-electron chi connectivity index (χ0n) is 22.4. The van der Waals surface area contributed by atoms with Gasteiger partial charge in [-0.3, -0.25) is 9.59 Å². The molecule has 0 spiro atoms. The van der Waals surface area contributed by atoms with Gasteiger partial charge in [0.2, 0.25) is 5.82 Å². The molecule has 1 saturated carbocycles. The van der Waals surface area contributed by atoms with Gasteiger partial charge < -0.3 is 9.84 Å². The van der Waals surface area contributed by atoms with Gasteiger partial charge >= 0.3 is 17.7 Å². The predicted octanol–water partition coefficient (Wildman–Crippen LogP) is 3.85. The number of carbonyl (C=O) groups is 2. The lowest BCUT2D eigenvalue weighted by Gasteiger charge is -2.49. The number of nitrogens with zero attached hydrogens (tertiary/aromatic N) is 4. The van der Waals surface area contributed by atoms with Crippen LogP contribution in [0.2, 0.25) is 0 Å².